The van der Waals surface area contributed by atoms with Crippen molar-refractivity contribution >= 4 is 34.0 Å². The summed E-state index contributed by atoms with van der Waals surface area (Å²) in [5.74, 6) is 0. The minimum absolute atomic E-state index is 0.735. The highest BCUT2D eigenvalue weighted by atomic mass is 127. The second kappa shape index (κ2) is 6.17. The van der Waals surface area contributed by atoms with Gasteiger partial charge in [0.05, 0.1) is 18.0 Å². The molecule has 0 bridgehead atoms. The Balaban J connectivity index is 2.61. The van der Waals surface area contributed by atoms with E-state index in [-0.39, 0.29) is 0 Å². The first-order valence-corrected chi connectivity index (χ1v) is 6.07. The van der Waals surface area contributed by atoms with Crippen molar-refractivity contribution in [3.8, 4) is 0 Å². The van der Waals surface area contributed by atoms with E-state index in [2.05, 4.69) is 33.6 Å². The second-order valence-corrected chi connectivity index (χ2v) is 4.57. The lowest BCUT2D eigenvalue weighted by Crippen LogP contribution is -2.23. The Morgan fingerprint density at radius 1 is 1.47 bits per heavy atom. The Labute approximate surface area is 105 Å². The lowest BCUT2D eigenvalue weighted by Gasteiger charge is -2.20. The maximum absolute atomic E-state index is 5.94. The van der Waals surface area contributed by atoms with Gasteiger partial charge in [0, 0.05) is 23.8 Å². The first-order valence-electron chi connectivity index (χ1n) is 4.99. The van der Waals surface area contributed by atoms with Gasteiger partial charge in [0.25, 0.3) is 0 Å². The molecule has 0 atom stereocenters. The zero-order valence-corrected chi connectivity index (χ0v) is 11.3. The lowest BCUT2D eigenvalue weighted by atomic mass is 10.2. The van der Waals surface area contributed by atoms with E-state index in [1.165, 1.54) is 0 Å². The van der Waals surface area contributed by atoms with Gasteiger partial charge in [-0.2, -0.15) is 0 Å². The van der Waals surface area contributed by atoms with Crippen molar-refractivity contribution in [2.24, 2.45) is 0 Å². The maximum Gasteiger partial charge on any atom is 0.0641 e. The van der Waals surface area contributed by atoms with E-state index >= 15 is 0 Å². The third-order valence-electron chi connectivity index (χ3n) is 2.18. The number of likely N-dealkylation sites (N-methyl/N-ethyl adjacent to an activating group) is 1. The molecule has 15 heavy (non-hydrogen) atoms. The van der Waals surface area contributed by atoms with E-state index in [0.29, 0.717) is 0 Å². The average Bonchev–Trinajstić information content (AvgIpc) is 2.17. The van der Waals surface area contributed by atoms with Crippen molar-refractivity contribution in [2.75, 3.05) is 37.4 Å². The monoisotopic (exact) mass is 320 g/mol. The number of benzene rings is 1. The maximum atomic E-state index is 5.94. The van der Waals surface area contributed by atoms with E-state index in [9.17, 15) is 0 Å². The van der Waals surface area contributed by atoms with Crippen molar-refractivity contribution in [2.45, 2.75) is 6.92 Å². The van der Waals surface area contributed by atoms with Crippen molar-refractivity contribution < 1.29 is 4.74 Å². The number of hydrogen-bond acceptors (Lipinski definition) is 3. The van der Waals surface area contributed by atoms with Crippen LogP contribution in [0.15, 0.2) is 18.2 Å². The topological polar surface area (TPSA) is 38.5 Å². The normalized spacial score (nSPS) is 10.3. The summed E-state index contributed by atoms with van der Waals surface area (Å²) in [5, 5.41) is 0. The van der Waals surface area contributed by atoms with E-state index in [0.717, 1.165) is 34.7 Å². The van der Waals surface area contributed by atoms with Crippen molar-refractivity contribution in [1.82, 2.24) is 0 Å². The number of nitrogens with zero attached hydrogens (tertiary/aromatic N) is 1. The van der Waals surface area contributed by atoms with Crippen LogP contribution in [0.5, 0.6) is 0 Å². The van der Waals surface area contributed by atoms with Crippen molar-refractivity contribution in [3.05, 3.63) is 21.8 Å². The van der Waals surface area contributed by atoms with Gasteiger partial charge in [-0.3, -0.25) is 0 Å². The van der Waals surface area contributed by atoms with E-state index in [1.807, 2.05) is 26.1 Å². The Morgan fingerprint density at radius 3 is 2.80 bits per heavy atom. The predicted molar refractivity (Wildman–Crippen MR) is 73.3 cm³/mol. The van der Waals surface area contributed by atoms with Gasteiger partial charge in [-0.25, -0.2) is 0 Å². The number of halogens is 1. The van der Waals surface area contributed by atoms with Gasteiger partial charge in [-0.1, -0.05) is 0 Å². The van der Waals surface area contributed by atoms with Crippen LogP contribution in [0.4, 0.5) is 11.4 Å². The number of ether oxygens (including phenoxy) is 1. The molecule has 0 aliphatic carbocycles. The van der Waals surface area contributed by atoms with Gasteiger partial charge >= 0.3 is 0 Å². The van der Waals surface area contributed by atoms with Crippen LogP contribution in [0.1, 0.15) is 6.92 Å². The molecule has 0 fully saturated rings. The Hall–Kier alpha value is -0.490. The summed E-state index contributed by atoms with van der Waals surface area (Å²) in [6, 6.07) is 6.08. The highest BCUT2D eigenvalue weighted by Gasteiger charge is 2.04. The predicted octanol–water partition coefficient (Wildman–Crippen LogP) is 2.35. The van der Waals surface area contributed by atoms with Gasteiger partial charge < -0.3 is 15.4 Å². The molecule has 1 aromatic carbocycles. The quantitative estimate of drug-likeness (QED) is 0.514. The smallest absolute Gasteiger partial charge is 0.0641 e. The molecular weight excluding hydrogens is 303 g/mol. The molecule has 0 saturated carbocycles. The number of rotatable bonds is 5. The van der Waals surface area contributed by atoms with Gasteiger partial charge in [-0.05, 0) is 47.7 Å². The molecule has 0 aromatic heterocycles. The van der Waals surface area contributed by atoms with E-state index in [1.54, 1.807) is 0 Å². The third kappa shape index (κ3) is 3.87. The number of hydrogen-bond donors (Lipinski definition) is 1. The average molecular weight is 320 g/mol. The van der Waals surface area contributed by atoms with Crippen LogP contribution in [0.25, 0.3) is 0 Å². The standard InChI is InChI=1S/C11H17IN2O/c1-3-15-7-6-14(2)11-5-4-9(12)8-10(11)13/h4-5,8H,3,6-7,13H2,1-2H3. The summed E-state index contributed by atoms with van der Waals surface area (Å²) < 4.78 is 6.46. The molecule has 0 radical (unpaired) electrons. The van der Waals surface area contributed by atoms with Crippen LogP contribution in [-0.2, 0) is 4.74 Å². The van der Waals surface area contributed by atoms with Crippen LogP contribution in [0.2, 0.25) is 0 Å². The summed E-state index contributed by atoms with van der Waals surface area (Å²) in [5.41, 5.74) is 7.82. The van der Waals surface area contributed by atoms with Crippen LogP contribution in [-0.4, -0.2) is 26.8 Å². The Kier molecular flexibility index (Phi) is 5.17. The molecule has 0 amide bonds. The van der Waals surface area contributed by atoms with Crippen molar-refractivity contribution in [3.63, 3.8) is 0 Å². The molecule has 0 unspecified atom stereocenters. The third-order valence-corrected chi connectivity index (χ3v) is 2.85. The molecular formula is C11H17IN2O. The molecule has 2 N–H and O–H groups in total. The Bertz CT molecular complexity index is 317. The fraction of sp³-hybridized carbons (Fsp3) is 0.455. The summed E-state index contributed by atoms with van der Waals surface area (Å²) in [6.07, 6.45) is 0. The molecule has 0 aliphatic heterocycles. The van der Waals surface area contributed by atoms with Crippen LogP contribution in [0, 0.1) is 3.57 Å². The first-order chi connectivity index (χ1) is 7.15. The molecule has 3 nitrogen and oxygen atoms in total. The minimum Gasteiger partial charge on any atom is -0.397 e. The van der Waals surface area contributed by atoms with Crippen LogP contribution in [0.3, 0.4) is 0 Å². The molecule has 1 rings (SSSR count). The summed E-state index contributed by atoms with van der Waals surface area (Å²) in [7, 11) is 2.03. The molecule has 1 aromatic rings. The zero-order valence-electron chi connectivity index (χ0n) is 9.16. The Morgan fingerprint density at radius 2 is 2.20 bits per heavy atom. The SMILES string of the molecule is CCOCCN(C)c1ccc(I)cc1N. The number of nitrogens with two attached hydrogens (primary N) is 1. The molecule has 0 heterocycles. The van der Waals surface area contributed by atoms with Crippen LogP contribution < -0.4 is 10.6 Å². The summed E-state index contributed by atoms with van der Waals surface area (Å²) >= 11 is 2.26. The zero-order chi connectivity index (χ0) is 11.3. The van der Waals surface area contributed by atoms with Crippen molar-refractivity contribution in [1.29, 1.82) is 0 Å². The summed E-state index contributed by atoms with van der Waals surface area (Å²) in [6.45, 7) is 4.35. The number of nitrogen functional groups attached to an aromatic ring is 1. The second-order valence-electron chi connectivity index (χ2n) is 3.32. The van der Waals surface area contributed by atoms with Gasteiger partial charge in [0.2, 0.25) is 0 Å². The molecule has 0 spiro atoms. The highest BCUT2D eigenvalue weighted by molar-refractivity contribution is 14.1. The fourth-order valence-corrected chi connectivity index (χ4v) is 1.85. The summed E-state index contributed by atoms with van der Waals surface area (Å²) in [4.78, 5) is 2.11. The minimum atomic E-state index is 0.735. The number of anilines is 2. The van der Waals surface area contributed by atoms with Crippen LogP contribution >= 0.6 is 22.6 Å². The largest absolute Gasteiger partial charge is 0.397 e. The molecule has 0 aliphatic rings. The molecule has 84 valence electrons. The fourth-order valence-electron chi connectivity index (χ4n) is 1.34. The highest BCUT2D eigenvalue weighted by Crippen LogP contribution is 2.23. The van der Waals surface area contributed by atoms with Gasteiger partial charge in [-0.15, -0.1) is 0 Å². The lowest BCUT2D eigenvalue weighted by molar-refractivity contribution is 0.154. The first kappa shape index (κ1) is 12.6. The molecule has 4 heteroatoms. The molecule has 0 saturated heterocycles. The van der Waals surface area contributed by atoms with E-state index < -0.39 is 0 Å². The van der Waals surface area contributed by atoms with Gasteiger partial charge in [0.1, 0.15) is 0 Å². The van der Waals surface area contributed by atoms with Gasteiger partial charge in [0.15, 0.2) is 0 Å². The van der Waals surface area contributed by atoms with E-state index in [4.69, 9.17) is 10.5 Å².